The molecular weight excluding hydrogens is 448 g/mol. The van der Waals surface area contributed by atoms with Gasteiger partial charge in [0.2, 0.25) is 0 Å². The van der Waals surface area contributed by atoms with Crippen LogP contribution in [0.5, 0.6) is 0 Å². The molecular formula is C22H22N4O2S3. The quantitative estimate of drug-likeness (QED) is 0.287. The van der Waals surface area contributed by atoms with Crippen LogP contribution in [0.3, 0.4) is 0 Å². The monoisotopic (exact) mass is 470 g/mol. The highest BCUT2D eigenvalue weighted by Gasteiger charge is 2.29. The molecule has 1 N–H and O–H groups in total. The molecule has 31 heavy (non-hydrogen) atoms. The fourth-order valence-electron chi connectivity index (χ4n) is 2.99. The van der Waals surface area contributed by atoms with Crippen molar-refractivity contribution in [2.45, 2.75) is 13.8 Å². The minimum atomic E-state index is -0.969. The number of hydrogen-bond donors (Lipinski definition) is 1. The molecule has 1 saturated heterocycles. The molecule has 6 nitrogen and oxygen atoms in total. The summed E-state index contributed by atoms with van der Waals surface area (Å²) in [4.78, 5) is 15.9. The lowest BCUT2D eigenvalue weighted by molar-refractivity contribution is -0.136. The molecule has 2 aromatic rings. The number of nitrogens with zero attached hydrogens (tertiary/aromatic N) is 4. The molecule has 160 valence electrons. The molecule has 1 aliphatic heterocycles. The minimum absolute atomic E-state index is 0.225. The van der Waals surface area contributed by atoms with Gasteiger partial charge in [-0.15, -0.1) is 0 Å². The number of anilines is 1. The number of benzene rings is 2. The first-order valence-corrected chi connectivity index (χ1v) is 11.4. The van der Waals surface area contributed by atoms with Crippen molar-refractivity contribution in [3.63, 3.8) is 0 Å². The molecule has 1 fully saturated rings. The van der Waals surface area contributed by atoms with Gasteiger partial charge in [0.05, 0.1) is 16.3 Å². The van der Waals surface area contributed by atoms with Crippen LogP contribution in [0, 0.1) is 0 Å². The van der Waals surface area contributed by atoms with Crippen molar-refractivity contribution in [3.8, 4) is 0 Å². The van der Waals surface area contributed by atoms with Gasteiger partial charge in [0.1, 0.15) is 15.9 Å². The van der Waals surface area contributed by atoms with Crippen LogP contribution < -0.4 is 4.90 Å². The van der Waals surface area contributed by atoms with Gasteiger partial charge in [-0.1, -0.05) is 48.3 Å². The second-order valence-electron chi connectivity index (χ2n) is 6.64. The fourth-order valence-corrected chi connectivity index (χ4v) is 4.72. The van der Waals surface area contributed by atoms with E-state index in [0.29, 0.717) is 9.31 Å². The number of carbonyl (C=O) groups is 1. The summed E-state index contributed by atoms with van der Waals surface area (Å²) in [6.07, 6.45) is 1.90. The Bertz CT molecular complexity index is 1030. The van der Waals surface area contributed by atoms with Crippen molar-refractivity contribution < 1.29 is 9.90 Å². The largest absolute Gasteiger partial charge is 0.480 e. The topological polar surface area (TPSA) is 68.5 Å². The number of thioether (sulfide) groups is 1. The lowest BCUT2D eigenvalue weighted by atomic mass is 10.2. The molecule has 3 rings (SSSR count). The maximum Gasteiger partial charge on any atom is 0.323 e. The van der Waals surface area contributed by atoms with Crippen molar-refractivity contribution in [1.82, 2.24) is 4.90 Å². The van der Waals surface area contributed by atoms with E-state index in [1.807, 2.05) is 42.5 Å². The Balaban J connectivity index is 1.67. The number of hydrogen-bond acceptors (Lipinski definition) is 7. The molecule has 1 heterocycles. The van der Waals surface area contributed by atoms with Gasteiger partial charge in [-0.25, -0.2) is 0 Å². The van der Waals surface area contributed by atoms with Gasteiger partial charge in [0.15, 0.2) is 0 Å². The van der Waals surface area contributed by atoms with E-state index >= 15 is 0 Å². The molecule has 0 saturated carbocycles. The van der Waals surface area contributed by atoms with E-state index in [9.17, 15) is 4.79 Å². The van der Waals surface area contributed by atoms with Crippen molar-refractivity contribution in [2.75, 3.05) is 24.5 Å². The predicted molar refractivity (Wildman–Crippen MR) is 136 cm³/mol. The van der Waals surface area contributed by atoms with Crippen molar-refractivity contribution in [3.05, 3.63) is 59.0 Å². The maximum atomic E-state index is 11.0. The van der Waals surface area contributed by atoms with Crippen LogP contribution in [-0.4, -0.2) is 44.9 Å². The normalized spacial score (nSPS) is 15.3. The summed E-state index contributed by atoms with van der Waals surface area (Å²) in [5, 5.41) is 17.6. The summed E-state index contributed by atoms with van der Waals surface area (Å²) in [7, 11) is 0. The smallest absolute Gasteiger partial charge is 0.323 e. The molecule has 0 aliphatic carbocycles. The Kier molecular flexibility index (Phi) is 7.89. The highest BCUT2D eigenvalue weighted by molar-refractivity contribution is 8.27. The number of aliphatic carboxylic acids is 1. The summed E-state index contributed by atoms with van der Waals surface area (Å²) < 4.78 is 0.455. The van der Waals surface area contributed by atoms with E-state index in [1.165, 1.54) is 22.3 Å². The Morgan fingerprint density at radius 2 is 1.58 bits per heavy atom. The first-order chi connectivity index (χ1) is 14.9. The zero-order valence-corrected chi connectivity index (χ0v) is 19.6. The van der Waals surface area contributed by atoms with E-state index in [0.717, 1.165) is 34.9 Å². The van der Waals surface area contributed by atoms with Crippen LogP contribution in [-0.2, 0) is 4.79 Å². The van der Waals surface area contributed by atoms with Gasteiger partial charge in [-0.2, -0.15) is 10.2 Å². The standard InChI is InChI=1S/C22H22N4O2S3/c1-3-25(4-2)18-11-9-17(10-12-18)24-23-16-7-5-15(6-8-16)13-19-21(29)26(14-20(27)28)22(30)31-19/h5-13H,3-4,14H2,1-2H3,(H,27,28)/b19-13+,24-23?. The Labute approximate surface area is 196 Å². The second-order valence-corrected chi connectivity index (χ2v) is 8.70. The third kappa shape index (κ3) is 5.96. The highest BCUT2D eigenvalue weighted by atomic mass is 32.2. The Morgan fingerprint density at radius 1 is 1.03 bits per heavy atom. The molecule has 2 aromatic carbocycles. The molecule has 0 radical (unpaired) electrons. The maximum absolute atomic E-state index is 11.0. The lowest BCUT2D eigenvalue weighted by Crippen LogP contribution is -2.32. The van der Waals surface area contributed by atoms with Crippen LogP contribution >= 0.6 is 36.2 Å². The first-order valence-electron chi connectivity index (χ1n) is 9.75. The number of thiocarbonyl (C=S) groups is 2. The van der Waals surface area contributed by atoms with Crippen LogP contribution in [0.15, 0.2) is 63.7 Å². The Morgan fingerprint density at radius 3 is 2.10 bits per heavy atom. The summed E-state index contributed by atoms with van der Waals surface area (Å²) >= 11 is 11.9. The SMILES string of the molecule is CCN(CC)c1ccc(N=Nc2ccc(/C=C3/SC(=S)N(CC(=O)O)C3=S)cc2)cc1. The van der Waals surface area contributed by atoms with Crippen LogP contribution in [0.2, 0.25) is 0 Å². The van der Waals surface area contributed by atoms with Crippen molar-refractivity contribution in [1.29, 1.82) is 0 Å². The predicted octanol–water partition coefficient (Wildman–Crippen LogP) is 6.03. The molecule has 0 unspecified atom stereocenters. The number of azo groups is 1. The van der Waals surface area contributed by atoms with Crippen LogP contribution in [0.25, 0.3) is 6.08 Å². The summed E-state index contributed by atoms with van der Waals surface area (Å²) in [5.74, 6) is -0.969. The molecule has 0 amide bonds. The second kappa shape index (κ2) is 10.6. The van der Waals surface area contributed by atoms with E-state index in [4.69, 9.17) is 29.5 Å². The summed E-state index contributed by atoms with van der Waals surface area (Å²) in [6.45, 7) is 5.97. The number of carboxylic acid groups (broad SMARTS) is 1. The zero-order chi connectivity index (χ0) is 22.4. The minimum Gasteiger partial charge on any atom is -0.480 e. The van der Waals surface area contributed by atoms with Gasteiger partial charge in [-0.3, -0.25) is 4.79 Å². The van der Waals surface area contributed by atoms with Crippen molar-refractivity contribution in [2.24, 2.45) is 10.2 Å². The van der Waals surface area contributed by atoms with Crippen molar-refractivity contribution >= 4 is 74.6 Å². The molecule has 0 atom stereocenters. The summed E-state index contributed by atoms with van der Waals surface area (Å²) in [5.41, 5.74) is 3.62. The van der Waals surface area contributed by atoms with Gasteiger partial charge in [0.25, 0.3) is 0 Å². The van der Waals surface area contributed by atoms with Gasteiger partial charge in [-0.05, 0) is 61.9 Å². The third-order valence-electron chi connectivity index (χ3n) is 4.62. The number of carboxylic acids is 1. The lowest BCUT2D eigenvalue weighted by Gasteiger charge is -2.20. The molecule has 0 spiro atoms. The average Bonchev–Trinajstić information content (AvgIpc) is 3.02. The number of rotatable bonds is 8. The molecule has 9 heteroatoms. The van der Waals surface area contributed by atoms with Crippen LogP contribution in [0.1, 0.15) is 19.4 Å². The van der Waals surface area contributed by atoms with Gasteiger partial charge in [0, 0.05) is 18.8 Å². The first kappa shape index (κ1) is 23.1. The summed E-state index contributed by atoms with van der Waals surface area (Å²) in [6, 6.07) is 15.6. The Hall–Kier alpha value is -2.62. The van der Waals surface area contributed by atoms with Gasteiger partial charge < -0.3 is 14.9 Å². The highest BCUT2D eigenvalue weighted by Crippen LogP contribution is 2.33. The third-order valence-corrected chi connectivity index (χ3v) is 6.58. The van der Waals surface area contributed by atoms with E-state index in [2.05, 4.69) is 41.1 Å². The van der Waals surface area contributed by atoms with E-state index in [1.54, 1.807) is 0 Å². The average molecular weight is 471 g/mol. The molecule has 0 aromatic heterocycles. The van der Waals surface area contributed by atoms with Crippen LogP contribution in [0.4, 0.5) is 17.1 Å². The van der Waals surface area contributed by atoms with E-state index < -0.39 is 5.97 Å². The van der Waals surface area contributed by atoms with E-state index in [-0.39, 0.29) is 6.54 Å². The molecule has 1 aliphatic rings. The zero-order valence-electron chi connectivity index (χ0n) is 17.2. The molecule has 0 bridgehead atoms. The van der Waals surface area contributed by atoms with Gasteiger partial charge >= 0.3 is 5.97 Å². The fraction of sp³-hybridized carbons (Fsp3) is 0.227.